The Balaban J connectivity index is 2.29. The zero-order chi connectivity index (χ0) is 14.5. The van der Waals surface area contributed by atoms with E-state index in [0.717, 1.165) is 0 Å². The summed E-state index contributed by atoms with van der Waals surface area (Å²) in [6.07, 6.45) is 0. The van der Waals surface area contributed by atoms with Gasteiger partial charge in [0.25, 0.3) is 0 Å². The second-order valence-corrected chi connectivity index (χ2v) is 12.1. The zero-order valence-electron chi connectivity index (χ0n) is 11.4. The molecule has 0 spiro atoms. The van der Waals surface area contributed by atoms with Crippen molar-refractivity contribution in [3.05, 3.63) is 91.0 Å². The van der Waals surface area contributed by atoms with Crippen LogP contribution >= 0.6 is 16.2 Å². The molecule has 0 aliphatic rings. The monoisotopic (exact) mass is 356 g/mol. The number of hydrogen-bond donors (Lipinski definition) is 0. The van der Waals surface area contributed by atoms with Crippen LogP contribution in [0.2, 0.25) is 0 Å². The van der Waals surface area contributed by atoms with Crippen LogP contribution in [0, 0.1) is 0 Å². The van der Waals surface area contributed by atoms with Crippen LogP contribution in [0.5, 0.6) is 0 Å². The summed E-state index contributed by atoms with van der Waals surface area (Å²) in [5, 5.41) is 3.99. The SMILES string of the molecule is [Cl][Ni][PH](c1ccccc1)(c1ccccc1)c1ccccc1. The van der Waals surface area contributed by atoms with Crippen molar-refractivity contribution >= 4 is 32.1 Å². The summed E-state index contributed by atoms with van der Waals surface area (Å²) in [6.45, 7) is 0. The standard InChI is InChI=1S/C18H15P.ClH.Ni/c1-4-10-16(11-5-1)19(17-12-6-2-7-13-17)18-14-8-3-9-15-18;;/h1-15H;1H;. The zero-order valence-corrected chi connectivity index (χ0v) is 14.1. The first-order valence-electron chi connectivity index (χ1n) is 6.76. The molecule has 0 atom stereocenters. The molecular formula is C18H16ClNiP. The van der Waals surface area contributed by atoms with Crippen LogP contribution in [0.4, 0.5) is 0 Å². The number of rotatable bonds is 4. The van der Waals surface area contributed by atoms with Gasteiger partial charge in [-0.15, -0.1) is 0 Å². The molecule has 0 nitrogen and oxygen atoms in total. The van der Waals surface area contributed by atoms with Crippen molar-refractivity contribution in [2.75, 3.05) is 0 Å². The average Bonchev–Trinajstić information content (AvgIpc) is 2.59. The third kappa shape index (κ3) is 2.79. The summed E-state index contributed by atoms with van der Waals surface area (Å²) < 4.78 is 0. The molecule has 0 amide bonds. The van der Waals surface area contributed by atoms with Crippen LogP contribution in [0.25, 0.3) is 0 Å². The van der Waals surface area contributed by atoms with Crippen LogP contribution in [0.15, 0.2) is 91.0 Å². The van der Waals surface area contributed by atoms with Gasteiger partial charge in [0.1, 0.15) is 0 Å². The van der Waals surface area contributed by atoms with E-state index in [1.807, 2.05) is 0 Å². The van der Waals surface area contributed by atoms with Crippen LogP contribution in [0.3, 0.4) is 0 Å². The molecule has 0 radical (unpaired) electrons. The van der Waals surface area contributed by atoms with E-state index in [1.165, 1.54) is 29.0 Å². The molecule has 0 saturated heterocycles. The fourth-order valence-corrected chi connectivity index (χ4v) is 10.7. The Kier molecular flexibility index (Phi) is 4.76. The van der Waals surface area contributed by atoms with Crippen LogP contribution < -0.4 is 15.9 Å². The fraction of sp³-hybridized carbons (Fsp3) is 0. The Morgan fingerprint density at radius 1 is 0.524 bits per heavy atom. The van der Waals surface area contributed by atoms with E-state index in [9.17, 15) is 0 Å². The molecule has 3 aromatic carbocycles. The first-order chi connectivity index (χ1) is 10.4. The molecule has 0 aliphatic heterocycles. The van der Waals surface area contributed by atoms with Crippen LogP contribution in [-0.4, -0.2) is 0 Å². The van der Waals surface area contributed by atoms with Gasteiger partial charge in [-0.3, -0.25) is 0 Å². The Labute approximate surface area is 136 Å². The topological polar surface area (TPSA) is 0 Å². The molecule has 3 rings (SSSR count). The molecule has 21 heavy (non-hydrogen) atoms. The molecule has 0 unspecified atom stereocenters. The van der Waals surface area contributed by atoms with Gasteiger partial charge in [0, 0.05) is 0 Å². The molecule has 0 heterocycles. The minimum absolute atomic E-state index is 1.28. The number of benzene rings is 3. The van der Waals surface area contributed by atoms with Gasteiger partial charge >= 0.3 is 136 Å². The van der Waals surface area contributed by atoms with Crippen molar-refractivity contribution in [1.82, 2.24) is 0 Å². The van der Waals surface area contributed by atoms with Crippen molar-refractivity contribution in [2.45, 2.75) is 0 Å². The van der Waals surface area contributed by atoms with Gasteiger partial charge in [0.05, 0.1) is 0 Å². The summed E-state index contributed by atoms with van der Waals surface area (Å²) in [6, 6.07) is 29.8. The quantitative estimate of drug-likeness (QED) is 0.491. The van der Waals surface area contributed by atoms with Gasteiger partial charge in [-0.1, -0.05) is 0 Å². The van der Waals surface area contributed by atoms with Crippen molar-refractivity contribution in [3.8, 4) is 0 Å². The van der Waals surface area contributed by atoms with Gasteiger partial charge in [0.2, 0.25) is 0 Å². The molecule has 0 aromatic heterocycles. The van der Waals surface area contributed by atoms with Gasteiger partial charge in [-0.2, -0.15) is 0 Å². The van der Waals surface area contributed by atoms with Crippen molar-refractivity contribution in [1.29, 1.82) is 0 Å². The van der Waals surface area contributed by atoms with Crippen LogP contribution in [0.1, 0.15) is 0 Å². The predicted octanol–water partition coefficient (Wildman–Crippen LogP) is 3.86. The maximum atomic E-state index is 6.53. The van der Waals surface area contributed by atoms with E-state index in [0.29, 0.717) is 0 Å². The Bertz CT molecular complexity index is 590. The molecule has 110 valence electrons. The fourth-order valence-electron chi connectivity index (χ4n) is 2.58. The molecule has 3 heteroatoms. The molecule has 0 bridgehead atoms. The van der Waals surface area contributed by atoms with Crippen molar-refractivity contribution in [3.63, 3.8) is 0 Å². The predicted molar refractivity (Wildman–Crippen MR) is 92.4 cm³/mol. The van der Waals surface area contributed by atoms with E-state index < -0.39 is 6.04 Å². The maximum absolute atomic E-state index is 6.53. The van der Waals surface area contributed by atoms with E-state index in [-0.39, 0.29) is 0 Å². The van der Waals surface area contributed by atoms with E-state index in [1.54, 1.807) is 0 Å². The Morgan fingerprint density at radius 2 is 0.810 bits per heavy atom. The third-order valence-corrected chi connectivity index (χ3v) is 12.6. The second-order valence-electron chi connectivity index (χ2n) is 4.77. The first kappa shape index (κ1) is 14.8. The molecule has 0 N–H and O–H groups in total. The van der Waals surface area contributed by atoms with E-state index in [4.69, 9.17) is 10.2 Å². The third-order valence-electron chi connectivity index (χ3n) is 3.55. The van der Waals surface area contributed by atoms with Crippen molar-refractivity contribution < 1.29 is 13.1 Å². The number of halogens is 1. The van der Waals surface area contributed by atoms with Gasteiger partial charge in [-0.25, -0.2) is 0 Å². The average molecular weight is 357 g/mol. The first-order valence-corrected chi connectivity index (χ1v) is 11.4. The van der Waals surface area contributed by atoms with Crippen molar-refractivity contribution in [2.24, 2.45) is 0 Å². The summed E-state index contributed by atoms with van der Waals surface area (Å²) in [4.78, 5) is 0. The number of hydrogen-bond acceptors (Lipinski definition) is 0. The summed E-state index contributed by atoms with van der Waals surface area (Å²) in [5.41, 5.74) is 0. The van der Waals surface area contributed by atoms with Crippen LogP contribution in [-0.2, 0) is 13.1 Å². The van der Waals surface area contributed by atoms with E-state index in [2.05, 4.69) is 91.0 Å². The normalized spacial score (nSPS) is 12.2. The molecule has 0 fully saturated rings. The summed E-state index contributed by atoms with van der Waals surface area (Å²) >= 11 is 1.28. The summed E-state index contributed by atoms with van der Waals surface area (Å²) in [5.74, 6) is 0. The van der Waals surface area contributed by atoms with Gasteiger partial charge < -0.3 is 0 Å². The molecular weight excluding hydrogens is 341 g/mol. The molecule has 3 aromatic rings. The summed E-state index contributed by atoms with van der Waals surface area (Å²) in [7, 11) is 6.53. The Hall–Kier alpha value is -1.13. The minimum atomic E-state index is -2.19. The van der Waals surface area contributed by atoms with E-state index >= 15 is 0 Å². The van der Waals surface area contributed by atoms with Gasteiger partial charge in [0.15, 0.2) is 0 Å². The Morgan fingerprint density at radius 3 is 1.05 bits per heavy atom. The molecule has 0 saturated carbocycles. The second kappa shape index (κ2) is 6.76. The molecule has 0 aliphatic carbocycles. The van der Waals surface area contributed by atoms with Gasteiger partial charge in [-0.05, 0) is 0 Å².